The van der Waals surface area contributed by atoms with E-state index in [1.165, 1.54) is 0 Å². The molecule has 0 aliphatic carbocycles. The first kappa shape index (κ1) is 8.35. The Balaban J connectivity index is 3.85. The number of hydrogen-bond acceptors (Lipinski definition) is 4. The van der Waals surface area contributed by atoms with E-state index < -0.39 is 24.8 Å². The van der Waals surface area contributed by atoms with Crippen molar-refractivity contribution in [2.75, 3.05) is 6.61 Å². The summed E-state index contributed by atoms with van der Waals surface area (Å²) in [5, 5.41) is 32.8. The van der Waals surface area contributed by atoms with Crippen LogP contribution in [0.25, 0.3) is 0 Å². The summed E-state index contributed by atoms with van der Waals surface area (Å²) in [6.45, 7) is -0.570. The predicted molar refractivity (Wildman–Crippen MR) is 26.5 cm³/mol. The molecule has 54 valence electrons. The SMILES string of the molecule is O=C(O)C(O)(O)CCO. The van der Waals surface area contributed by atoms with Crippen molar-refractivity contribution in [2.24, 2.45) is 0 Å². The zero-order chi connectivity index (χ0) is 7.49. The first-order valence-electron chi connectivity index (χ1n) is 2.29. The third-order valence-corrected chi connectivity index (χ3v) is 0.803. The number of carboxylic acids is 1. The summed E-state index contributed by atoms with van der Waals surface area (Å²) in [5.41, 5.74) is 0. The van der Waals surface area contributed by atoms with Crippen LogP contribution in [0, 0.1) is 0 Å². The van der Waals surface area contributed by atoms with Crippen molar-refractivity contribution in [2.45, 2.75) is 12.2 Å². The quantitative estimate of drug-likeness (QED) is 0.341. The highest BCUT2D eigenvalue weighted by atomic mass is 16.5. The van der Waals surface area contributed by atoms with Gasteiger partial charge in [-0.25, -0.2) is 4.79 Å². The minimum absolute atomic E-state index is 0.570. The highest BCUT2D eigenvalue weighted by molar-refractivity contribution is 5.74. The molecular formula is C4H8O5. The molecule has 4 N–H and O–H groups in total. The van der Waals surface area contributed by atoms with E-state index in [9.17, 15) is 4.79 Å². The van der Waals surface area contributed by atoms with E-state index in [-0.39, 0.29) is 0 Å². The smallest absolute Gasteiger partial charge is 0.364 e. The number of hydrogen-bond donors (Lipinski definition) is 4. The molecule has 0 aromatic rings. The van der Waals surface area contributed by atoms with Gasteiger partial charge in [0.15, 0.2) is 0 Å². The first-order chi connectivity index (χ1) is 4.00. The Morgan fingerprint density at radius 3 is 2.00 bits per heavy atom. The number of carboxylic acid groups (broad SMARTS) is 1. The zero-order valence-electron chi connectivity index (χ0n) is 4.61. The predicted octanol–water partition coefficient (Wildman–Crippen LogP) is -1.87. The van der Waals surface area contributed by atoms with Gasteiger partial charge >= 0.3 is 5.97 Å². The van der Waals surface area contributed by atoms with Crippen molar-refractivity contribution in [3.05, 3.63) is 0 Å². The van der Waals surface area contributed by atoms with E-state index in [0.717, 1.165) is 0 Å². The maximum Gasteiger partial charge on any atom is 0.364 e. The number of rotatable bonds is 3. The van der Waals surface area contributed by atoms with Crippen LogP contribution in [0.1, 0.15) is 6.42 Å². The molecule has 0 saturated carbocycles. The van der Waals surface area contributed by atoms with Crippen LogP contribution in [0.3, 0.4) is 0 Å². The largest absolute Gasteiger partial charge is 0.477 e. The Labute approximate surface area is 51.2 Å². The van der Waals surface area contributed by atoms with E-state index in [1.807, 2.05) is 0 Å². The Hall–Kier alpha value is -0.650. The van der Waals surface area contributed by atoms with Crippen LogP contribution < -0.4 is 0 Å². The molecule has 0 rings (SSSR count). The van der Waals surface area contributed by atoms with Gasteiger partial charge in [-0.2, -0.15) is 0 Å². The second-order valence-corrected chi connectivity index (χ2v) is 1.60. The Morgan fingerprint density at radius 1 is 1.44 bits per heavy atom. The average Bonchev–Trinajstić information content (AvgIpc) is 1.65. The van der Waals surface area contributed by atoms with Gasteiger partial charge in [-0.1, -0.05) is 0 Å². The van der Waals surface area contributed by atoms with Crippen molar-refractivity contribution in [3.63, 3.8) is 0 Å². The Morgan fingerprint density at radius 2 is 1.89 bits per heavy atom. The molecular weight excluding hydrogens is 128 g/mol. The molecule has 0 spiro atoms. The molecule has 0 heterocycles. The van der Waals surface area contributed by atoms with E-state index in [4.69, 9.17) is 20.4 Å². The van der Waals surface area contributed by atoms with Crippen LogP contribution in [0.4, 0.5) is 0 Å². The Bertz CT molecular complexity index is 108. The molecule has 0 fully saturated rings. The monoisotopic (exact) mass is 136 g/mol. The maximum atomic E-state index is 9.80. The van der Waals surface area contributed by atoms with Crippen molar-refractivity contribution >= 4 is 5.97 Å². The Kier molecular flexibility index (Phi) is 2.57. The summed E-state index contributed by atoms with van der Waals surface area (Å²) in [7, 11) is 0. The molecule has 5 heteroatoms. The van der Waals surface area contributed by atoms with E-state index in [0.29, 0.717) is 0 Å². The lowest BCUT2D eigenvalue weighted by Crippen LogP contribution is -2.38. The minimum atomic E-state index is -2.78. The van der Waals surface area contributed by atoms with Gasteiger partial charge in [0.1, 0.15) is 0 Å². The molecule has 0 radical (unpaired) electrons. The van der Waals surface area contributed by atoms with Crippen LogP contribution in [0.15, 0.2) is 0 Å². The standard InChI is InChI=1S/C4H8O5/c5-2-1-4(8,9)3(6)7/h5,8-9H,1-2H2,(H,6,7). The highest BCUT2D eigenvalue weighted by Crippen LogP contribution is 2.03. The zero-order valence-corrected chi connectivity index (χ0v) is 4.61. The number of aliphatic hydroxyl groups is 3. The second-order valence-electron chi connectivity index (χ2n) is 1.60. The lowest BCUT2D eigenvalue weighted by Gasteiger charge is -2.13. The molecule has 0 amide bonds. The lowest BCUT2D eigenvalue weighted by atomic mass is 10.2. The fraction of sp³-hybridized carbons (Fsp3) is 0.750. The number of aliphatic hydroxyl groups excluding tert-OH is 1. The summed E-state index contributed by atoms with van der Waals surface area (Å²) in [4.78, 5) is 9.80. The molecule has 0 aromatic heterocycles. The second kappa shape index (κ2) is 2.77. The molecule has 0 aliphatic rings. The summed E-state index contributed by atoms with van der Waals surface area (Å²) >= 11 is 0. The van der Waals surface area contributed by atoms with Crippen LogP contribution in [-0.2, 0) is 4.79 Å². The van der Waals surface area contributed by atoms with Gasteiger partial charge in [0.05, 0.1) is 0 Å². The van der Waals surface area contributed by atoms with Gasteiger partial charge in [0.2, 0.25) is 0 Å². The molecule has 0 unspecified atom stereocenters. The summed E-state index contributed by atoms with van der Waals surface area (Å²) < 4.78 is 0. The third kappa shape index (κ3) is 2.41. The average molecular weight is 136 g/mol. The summed E-state index contributed by atoms with van der Waals surface area (Å²) in [5.74, 6) is -4.54. The summed E-state index contributed by atoms with van der Waals surface area (Å²) in [6.07, 6.45) is -0.581. The third-order valence-electron chi connectivity index (χ3n) is 0.803. The number of aliphatic carboxylic acids is 1. The van der Waals surface area contributed by atoms with Gasteiger partial charge < -0.3 is 20.4 Å². The topological polar surface area (TPSA) is 98.0 Å². The van der Waals surface area contributed by atoms with Gasteiger partial charge in [0.25, 0.3) is 5.79 Å². The van der Waals surface area contributed by atoms with Crippen molar-refractivity contribution in [1.82, 2.24) is 0 Å². The van der Waals surface area contributed by atoms with E-state index in [2.05, 4.69) is 0 Å². The van der Waals surface area contributed by atoms with E-state index in [1.54, 1.807) is 0 Å². The van der Waals surface area contributed by atoms with Gasteiger partial charge in [-0.3, -0.25) is 0 Å². The van der Waals surface area contributed by atoms with Crippen LogP contribution in [-0.4, -0.2) is 38.8 Å². The molecule has 0 bridgehead atoms. The van der Waals surface area contributed by atoms with E-state index >= 15 is 0 Å². The van der Waals surface area contributed by atoms with Crippen molar-refractivity contribution < 1.29 is 25.2 Å². The molecule has 5 nitrogen and oxygen atoms in total. The highest BCUT2D eigenvalue weighted by Gasteiger charge is 2.31. The fourth-order valence-electron chi connectivity index (χ4n) is 0.263. The van der Waals surface area contributed by atoms with Gasteiger partial charge in [-0.15, -0.1) is 0 Å². The number of carbonyl (C=O) groups is 1. The van der Waals surface area contributed by atoms with Gasteiger partial charge in [0, 0.05) is 13.0 Å². The molecule has 0 atom stereocenters. The lowest BCUT2D eigenvalue weighted by molar-refractivity contribution is -0.207. The molecule has 0 aliphatic heterocycles. The van der Waals surface area contributed by atoms with Crippen LogP contribution in [0.2, 0.25) is 0 Å². The summed E-state index contributed by atoms with van der Waals surface area (Å²) in [6, 6.07) is 0. The van der Waals surface area contributed by atoms with Gasteiger partial charge in [-0.05, 0) is 0 Å². The molecule has 0 saturated heterocycles. The molecule has 0 aromatic carbocycles. The minimum Gasteiger partial charge on any atom is -0.477 e. The normalized spacial score (nSPS) is 11.4. The van der Waals surface area contributed by atoms with Crippen LogP contribution >= 0.6 is 0 Å². The fourth-order valence-corrected chi connectivity index (χ4v) is 0.263. The van der Waals surface area contributed by atoms with Crippen LogP contribution in [0.5, 0.6) is 0 Å². The van der Waals surface area contributed by atoms with Crippen molar-refractivity contribution in [3.8, 4) is 0 Å². The maximum absolute atomic E-state index is 9.80. The first-order valence-corrected chi connectivity index (χ1v) is 2.29. The van der Waals surface area contributed by atoms with Crippen molar-refractivity contribution in [1.29, 1.82) is 0 Å². The molecule has 9 heavy (non-hydrogen) atoms.